The van der Waals surface area contributed by atoms with Crippen LogP contribution in [0.4, 0.5) is 0 Å². The molecule has 0 aromatic heterocycles. The highest BCUT2D eigenvalue weighted by atomic mass is 32.2. The minimum atomic E-state index is -3.62. The first-order chi connectivity index (χ1) is 10.0. The number of ether oxygens (including phenoxy) is 1. The van der Waals surface area contributed by atoms with Crippen LogP contribution in [0.25, 0.3) is 0 Å². The van der Waals surface area contributed by atoms with Gasteiger partial charge < -0.3 is 9.84 Å². The van der Waals surface area contributed by atoms with Gasteiger partial charge in [0.2, 0.25) is 10.0 Å². The molecule has 0 heterocycles. The van der Waals surface area contributed by atoms with Crippen LogP contribution in [0.1, 0.15) is 24.5 Å². The van der Waals surface area contributed by atoms with Crippen molar-refractivity contribution >= 4 is 10.0 Å². The molecule has 2 N–H and O–H groups in total. The first-order valence-electron chi connectivity index (χ1n) is 6.79. The van der Waals surface area contributed by atoms with Crippen molar-refractivity contribution in [1.82, 2.24) is 4.72 Å². The summed E-state index contributed by atoms with van der Waals surface area (Å²) in [7, 11) is -3.62. The van der Waals surface area contributed by atoms with E-state index in [1.165, 1.54) is 0 Å². The smallest absolute Gasteiger partial charge is 0.241 e. The van der Waals surface area contributed by atoms with E-state index >= 15 is 0 Å². The molecule has 0 saturated heterocycles. The number of aliphatic hydroxyl groups excluding tert-OH is 1. The maximum atomic E-state index is 12.3. The van der Waals surface area contributed by atoms with E-state index in [4.69, 9.17) is 9.84 Å². The second-order valence-electron chi connectivity index (χ2n) is 4.37. The molecule has 5 nitrogen and oxygen atoms in total. The standard InChI is InChI=1S/C15H21NO4S/c1-3-20-11-9-16-21(18,19)15-8-7-13(2)12-14(15)6-4-5-10-17/h7-8,12,16-17H,3,5,9-11H2,1-2H3. The minimum absolute atomic E-state index is 0.0481. The molecule has 0 atom stereocenters. The van der Waals surface area contributed by atoms with Gasteiger partial charge in [0.25, 0.3) is 0 Å². The lowest BCUT2D eigenvalue weighted by atomic mass is 10.1. The Labute approximate surface area is 126 Å². The van der Waals surface area contributed by atoms with Crippen LogP contribution in [-0.2, 0) is 14.8 Å². The molecule has 116 valence electrons. The molecule has 0 radical (unpaired) electrons. The van der Waals surface area contributed by atoms with Crippen molar-refractivity contribution in [2.75, 3.05) is 26.4 Å². The van der Waals surface area contributed by atoms with Crippen molar-refractivity contribution in [2.45, 2.75) is 25.2 Å². The predicted octanol–water partition coefficient (Wildman–Crippen LogP) is 1.04. The fourth-order valence-corrected chi connectivity index (χ4v) is 2.81. The zero-order chi connectivity index (χ0) is 15.7. The zero-order valence-corrected chi connectivity index (χ0v) is 13.2. The van der Waals surface area contributed by atoms with Gasteiger partial charge >= 0.3 is 0 Å². The number of sulfonamides is 1. The van der Waals surface area contributed by atoms with E-state index < -0.39 is 10.0 Å². The number of nitrogens with one attached hydrogen (secondary N) is 1. The molecule has 1 rings (SSSR count). The molecule has 0 fully saturated rings. The summed E-state index contributed by atoms with van der Waals surface area (Å²) in [6, 6.07) is 5.00. The van der Waals surface area contributed by atoms with Crippen molar-refractivity contribution in [3.05, 3.63) is 29.3 Å². The largest absolute Gasteiger partial charge is 0.395 e. The second-order valence-corrected chi connectivity index (χ2v) is 6.11. The summed E-state index contributed by atoms with van der Waals surface area (Å²) >= 11 is 0. The number of aliphatic hydroxyl groups is 1. The van der Waals surface area contributed by atoms with Gasteiger partial charge in [-0.1, -0.05) is 17.9 Å². The van der Waals surface area contributed by atoms with Crippen LogP contribution in [0.2, 0.25) is 0 Å². The third-order valence-corrected chi connectivity index (χ3v) is 4.15. The Balaban J connectivity index is 2.97. The van der Waals surface area contributed by atoms with Gasteiger partial charge in [0.05, 0.1) is 18.1 Å². The average molecular weight is 311 g/mol. The van der Waals surface area contributed by atoms with E-state index in [-0.39, 0.29) is 18.0 Å². The average Bonchev–Trinajstić information content (AvgIpc) is 2.44. The summed E-state index contributed by atoms with van der Waals surface area (Å²) in [5.74, 6) is 5.55. The van der Waals surface area contributed by atoms with Gasteiger partial charge in [0.15, 0.2) is 0 Å². The molecule has 21 heavy (non-hydrogen) atoms. The molecular formula is C15H21NO4S. The maximum Gasteiger partial charge on any atom is 0.241 e. The molecule has 0 aliphatic heterocycles. The van der Waals surface area contributed by atoms with Crippen molar-refractivity contribution in [2.24, 2.45) is 0 Å². The third kappa shape index (κ3) is 5.86. The van der Waals surface area contributed by atoms with Crippen LogP contribution in [0, 0.1) is 18.8 Å². The van der Waals surface area contributed by atoms with E-state index in [1.807, 2.05) is 13.8 Å². The quantitative estimate of drug-likeness (QED) is 0.583. The second kappa shape index (κ2) is 8.80. The van der Waals surface area contributed by atoms with E-state index in [9.17, 15) is 8.42 Å². The van der Waals surface area contributed by atoms with Crippen LogP contribution in [0.15, 0.2) is 23.1 Å². The molecule has 0 aliphatic carbocycles. The number of hydrogen-bond acceptors (Lipinski definition) is 4. The Morgan fingerprint density at radius 1 is 1.38 bits per heavy atom. The lowest BCUT2D eigenvalue weighted by Crippen LogP contribution is -2.28. The highest BCUT2D eigenvalue weighted by Crippen LogP contribution is 2.16. The molecule has 0 amide bonds. The lowest BCUT2D eigenvalue weighted by molar-refractivity contribution is 0.153. The monoisotopic (exact) mass is 311 g/mol. The molecule has 0 aliphatic rings. The summed E-state index contributed by atoms with van der Waals surface area (Å²) in [5.41, 5.74) is 1.36. The number of aryl methyl sites for hydroxylation is 1. The van der Waals surface area contributed by atoms with Gasteiger partial charge in [-0.05, 0) is 31.5 Å². The Kier molecular flexibility index (Phi) is 7.40. The maximum absolute atomic E-state index is 12.3. The summed E-state index contributed by atoms with van der Waals surface area (Å²) in [4.78, 5) is 0.148. The normalized spacial score (nSPS) is 11.0. The van der Waals surface area contributed by atoms with Crippen LogP contribution < -0.4 is 4.72 Å². The Bertz CT molecular complexity index is 614. The van der Waals surface area contributed by atoms with Gasteiger partial charge in [-0.15, -0.1) is 0 Å². The Morgan fingerprint density at radius 3 is 2.81 bits per heavy atom. The van der Waals surface area contributed by atoms with E-state index in [0.717, 1.165) is 5.56 Å². The number of rotatable bonds is 7. The van der Waals surface area contributed by atoms with Crippen molar-refractivity contribution in [3.63, 3.8) is 0 Å². The Hall–Kier alpha value is -1.39. The summed E-state index contributed by atoms with van der Waals surface area (Å²) < 4.78 is 32.2. The van der Waals surface area contributed by atoms with Crippen LogP contribution in [0.5, 0.6) is 0 Å². The van der Waals surface area contributed by atoms with E-state index in [1.54, 1.807) is 18.2 Å². The first-order valence-corrected chi connectivity index (χ1v) is 8.27. The molecule has 1 aromatic rings. The summed E-state index contributed by atoms with van der Waals surface area (Å²) in [6.07, 6.45) is 0.311. The molecule has 0 unspecified atom stereocenters. The molecule has 0 bridgehead atoms. The zero-order valence-electron chi connectivity index (χ0n) is 12.3. The molecule has 0 saturated carbocycles. The topological polar surface area (TPSA) is 75.6 Å². The number of benzene rings is 1. The van der Waals surface area contributed by atoms with Crippen LogP contribution in [0.3, 0.4) is 0 Å². The van der Waals surface area contributed by atoms with Crippen molar-refractivity contribution in [3.8, 4) is 11.8 Å². The number of hydrogen-bond donors (Lipinski definition) is 2. The molecular weight excluding hydrogens is 290 g/mol. The van der Waals surface area contributed by atoms with Gasteiger partial charge in [-0.2, -0.15) is 0 Å². The molecule has 1 aromatic carbocycles. The fraction of sp³-hybridized carbons (Fsp3) is 0.467. The SMILES string of the molecule is CCOCCNS(=O)(=O)c1ccc(C)cc1C#CCCO. The van der Waals surface area contributed by atoms with Gasteiger partial charge in [0.1, 0.15) is 0 Å². The molecule has 6 heteroatoms. The molecule has 0 spiro atoms. The summed E-state index contributed by atoms with van der Waals surface area (Å²) in [6.45, 7) is 4.76. The van der Waals surface area contributed by atoms with Gasteiger partial charge in [-0.25, -0.2) is 13.1 Å². The first kappa shape index (κ1) is 17.7. The van der Waals surface area contributed by atoms with Crippen LogP contribution in [-0.4, -0.2) is 39.9 Å². The van der Waals surface area contributed by atoms with E-state index in [2.05, 4.69) is 16.6 Å². The van der Waals surface area contributed by atoms with Gasteiger partial charge in [-0.3, -0.25) is 0 Å². The fourth-order valence-electron chi connectivity index (χ4n) is 1.66. The van der Waals surface area contributed by atoms with Crippen molar-refractivity contribution < 1.29 is 18.3 Å². The Morgan fingerprint density at radius 2 is 2.14 bits per heavy atom. The predicted molar refractivity (Wildman–Crippen MR) is 81.4 cm³/mol. The van der Waals surface area contributed by atoms with Crippen molar-refractivity contribution in [1.29, 1.82) is 0 Å². The minimum Gasteiger partial charge on any atom is -0.395 e. The lowest BCUT2D eigenvalue weighted by Gasteiger charge is -2.09. The van der Waals surface area contributed by atoms with E-state index in [0.29, 0.717) is 25.2 Å². The third-order valence-electron chi connectivity index (χ3n) is 2.63. The summed E-state index contributed by atoms with van der Waals surface area (Å²) in [5, 5.41) is 8.75. The highest BCUT2D eigenvalue weighted by Gasteiger charge is 2.17. The van der Waals surface area contributed by atoms with Crippen LogP contribution >= 0.6 is 0 Å². The van der Waals surface area contributed by atoms with Gasteiger partial charge in [0, 0.05) is 25.1 Å². The highest BCUT2D eigenvalue weighted by molar-refractivity contribution is 7.89.